The lowest BCUT2D eigenvalue weighted by Crippen LogP contribution is -2.38. The first-order chi connectivity index (χ1) is 10.1. The van der Waals surface area contributed by atoms with Crippen molar-refractivity contribution in [1.29, 1.82) is 0 Å². The van der Waals surface area contributed by atoms with Gasteiger partial charge in [0, 0.05) is 6.20 Å². The lowest BCUT2D eigenvalue weighted by atomic mass is 10.1. The van der Waals surface area contributed by atoms with Crippen LogP contribution in [0.15, 0.2) is 23.9 Å². The lowest BCUT2D eigenvalue weighted by Gasteiger charge is -2.18. The number of methoxy groups -OCH3 is 1. The van der Waals surface area contributed by atoms with Gasteiger partial charge in [-0.05, 0) is 25.0 Å². The Hall–Kier alpha value is -2.50. The fourth-order valence-electron chi connectivity index (χ4n) is 2.73. The molecule has 6 heteroatoms. The summed E-state index contributed by atoms with van der Waals surface area (Å²) in [5, 5.41) is 12.8. The molecule has 0 aromatic heterocycles. The number of amides is 2. The molecule has 0 saturated heterocycles. The molecule has 2 aliphatic heterocycles. The maximum Gasteiger partial charge on any atom is 0.260 e. The Balaban J connectivity index is 2.12. The molecule has 0 radical (unpaired) electrons. The summed E-state index contributed by atoms with van der Waals surface area (Å²) in [6.07, 6.45) is 3.07. The number of aromatic hydroxyl groups is 1. The molecule has 0 fully saturated rings. The van der Waals surface area contributed by atoms with Crippen LogP contribution in [0.5, 0.6) is 11.5 Å². The zero-order valence-electron chi connectivity index (χ0n) is 11.8. The molecular formula is C15H16N2O4. The number of hydrogen-bond donors (Lipinski definition) is 2. The molecule has 1 unspecified atom stereocenters. The maximum atomic E-state index is 12.6. The summed E-state index contributed by atoms with van der Waals surface area (Å²) in [7, 11) is 1.41. The van der Waals surface area contributed by atoms with Crippen molar-refractivity contribution < 1.29 is 19.4 Å². The van der Waals surface area contributed by atoms with E-state index in [0.29, 0.717) is 6.42 Å². The first-order valence-corrected chi connectivity index (χ1v) is 6.79. The molecule has 1 aromatic rings. The van der Waals surface area contributed by atoms with Gasteiger partial charge in [0.25, 0.3) is 5.91 Å². The summed E-state index contributed by atoms with van der Waals surface area (Å²) in [6.45, 7) is 1.99. The molecule has 1 atom stereocenters. The summed E-state index contributed by atoms with van der Waals surface area (Å²) in [4.78, 5) is 26.4. The summed E-state index contributed by atoms with van der Waals surface area (Å²) in [5.74, 6) is -0.605. The number of carbonyl (C=O) groups excluding carboxylic acids is 2. The molecule has 0 saturated carbocycles. The van der Waals surface area contributed by atoms with Crippen molar-refractivity contribution in [3.63, 3.8) is 0 Å². The highest BCUT2D eigenvalue weighted by Crippen LogP contribution is 2.40. The van der Waals surface area contributed by atoms with Crippen LogP contribution in [0.25, 0.3) is 0 Å². The minimum atomic E-state index is -0.551. The van der Waals surface area contributed by atoms with Gasteiger partial charge in [-0.1, -0.05) is 12.5 Å². The molecule has 3 rings (SSSR count). The normalized spacial score (nSPS) is 20.4. The topological polar surface area (TPSA) is 78.9 Å². The van der Waals surface area contributed by atoms with E-state index in [1.54, 1.807) is 12.3 Å². The van der Waals surface area contributed by atoms with E-state index >= 15 is 0 Å². The lowest BCUT2D eigenvalue weighted by molar-refractivity contribution is -0.119. The van der Waals surface area contributed by atoms with Crippen LogP contribution in [0.1, 0.15) is 30.1 Å². The highest BCUT2D eigenvalue weighted by atomic mass is 16.5. The first kappa shape index (κ1) is 13.5. The number of hydrogen-bond acceptors (Lipinski definition) is 4. The molecule has 2 aliphatic rings. The largest absolute Gasteiger partial charge is 0.503 e. The van der Waals surface area contributed by atoms with E-state index in [9.17, 15) is 14.7 Å². The van der Waals surface area contributed by atoms with Gasteiger partial charge in [-0.25, -0.2) is 0 Å². The van der Waals surface area contributed by atoms with Crippen molar-refractivity contribution in [2.75, 3.05) is 12.4 Å². The number of nitrogens with one attached hydrogen (secondary N) is 1. The van der Waals surface area contributed by atoms with Crippen LogP contribution in [-0.2, 0) is 4.79 Å². The van der Waals surface area contributed by atoms with Gasteiger partial charge in [0.1, 0.15) is 11.7 Å². The molecule has 2 amide bonds. The summed E-state index contributed by atoms with van der Waals surface area (Å²) < 4.78 is 5.01. The number of rotatable bonds is 2. The predicted octanol–water partition coefficient (Wildman–Crippen LogP) is 1.86. The zero-order valence-corrected chi connectivity index (χ0v) is 11.8. The minimum Gasteiger partial charge on any atom is -0.503 e. The van der Waals surface area contributed by atoms with Crippen molar-refractivity contribution in [3.8, 4) is 11.5 Å². The fourth-order valence-corrected chi connectivity index (χ4v) is 2.73. The summed E-state index contributed by atoms with van der Waals surface area (Å²) >= 11 is 0. The number of ether oxygens (including phenoxy) is 1. The number of phenolic OH excluding ortho intramolecular Hbond substituents is 1. The molecular weight excluding hydrogens is 272 g/mol. The zero-order chi connectivity index (χ0) is 15.1. The van der Waals surface area contributed by atoms with E-state index in [1.165, 1.54) is 18.1 Å². The number of fused-ring (bicyclic) bond motifs is 2. The molecule has 0 spiro atoms. The number of anilines is 1. The van der Waals surface area contributed by atoms with Crippen LogP contribution in [0.2, 0.25) is 0 Å². The van der Waals surface area contributed by atoms with Crippen molar-refractivity contribution in [3.05, 3.63) is 29.5 Å². The molecule has 6 nitrogen and oxygen atoms in total. The highest BCUT2D eigenvalue weighted by molar-refractivity contribution is 6.12. The van der Waals surface area contributed by atoms with Crippen molar-refractivity contribution in [1.82, 2.24) is 4.90 Å². The van der Waals surface area contributed by atoms with E-state index in [4.69, 9.17) is 4.74 Å². The second-order valence-electron chi connectivity index (χ2n) is 5.10. The van der Waals surface area contributed by atoms with Gasteiger partial charge < -0.3 is 20.1 Å². The molecule has 0 bridgehead atoms. The highest BCUT2D eigenvalue weighted by Gasteiger charge is 2.39. The summed E-state index contributed by atoms with van der Waals surface area (Å²) in [6, 6.07) is 2.51. The van der Waals surface area contributed by atoms with E-state index < -0.39 is 6.04 Å². The van der Waals surface area contributed by atoms with Crippen LogP contribution in [-0.4, -0.2) is 35.0 Å². The van der Waals surface area contributed by atoms with Gasteiger partial charge in [-0.2, -0.15) is 0 Å². The van der Waals surface area contributed by atoms with E-state index in [0.717, 1.165) is 12.0 Å². The number of carbonyl (C=O) groups is 2. The van der Waals surface area contributed by atoms with Crippen molar-refractivity contribution >= 4 is 17.5 Å². The van der Waals surface area contributed by atoms with Gasteiger partial charge >= 0.3 is 0 Å². The minimum absolute atomic E-state index is 0.116. The molecule has 2 heterocycles. The van der Waals surface area contributed by atoms with Crippen LogP contribution in [0.3, 0.4) is 0 Å². The van der Waals surface area contributed by atoms with E-state index in [2.05, 4.69) is 5.32 Å². The van der Waals surface area contributed by atoms with E-state index in [1.807, 2.05) is 6.92 Å². The smallest absolute Gasteiger partial charge is 0.260 e. The average Bonchev–Trinajstić information content (AvgIpc) is 2.89. The number of phenols is 1. The van der Waals surface area contributed by atoms with Crippen LogP contribution >= 0.6 is 0 Å². The summed E-state index contributed by atoms with van der Waals surface area (Å²) in [5.41, 5.74) is 1.44. The van der Waals surface area contributed by atoms with Gasteiger partial charge in [-0.3, -0.25) is 9.59 Å². The van der Waals surface area contributed by atoms with Crippen molar-refractivity contribution in [2.45, 2.75) is 25.8 Å². The maximum absolute atomic E-state index is 12.6. The van der Waals surface area contributed by atoms with Crippen molar-refractivity contribution in [2.24, 2.45) is 0 Å². The molecule has 21 heavy (non-hydrogen) atoms. The van der Waals surface area contributed by atoms with Crippen LogP contribution < -0.4 is 10.1 Å². The molecule has 1 aromatic carbocycles. The first-order valence-electron chi connectivity index (χ1n) is 6.79. The monoisotopic (exact) mass is 288 g/mol. The third-order valence-corrected chi connectivity index (χ3v) is 3.94. The van der Waals surface area contributed by atoms with Gasteiger partial charge in [0.05, 0.1) is 12.7 Å². The Morgan fingerprint density at radius 1 is 1.43 bits per heavy atom. The SMILES string of the molecule is CCC1=CN2C(=O)c3ccc(OC)c(O)c3NC(=O)C2C1. The van der Waals surface area contributed by atoms with Gasteiger partial charge in [0.2, 0.25) is 5.91 Å². The molecule has 0 aliphatic carbocycles. The quantitative estimate of drug-likeness (QED) is 0.814. The Morgan fingerprint density at radius 2 is 2.19 bits per heavy atom. The molecule has 2 N–H and O–H groups in total. The fraction of sp³-hybridized carbons (Fsp3) is 0.333. The number of nitrogens with zero attached hydrogens (tertiary/aromatic N) is 1. The third kappa shape index (κ3) is 1.94. The Bertz CT molecular complexity index is 666. The third-order valence-electron chi connectivity index (χ3n) is 3.94. The average molecular weight is 288 g/mol. The Kier molecular flexibility index (Phi) is 3.08. The van der Waals surface area contributed by atoms with Gasteiger partial charge in [0.15, 0.2) is 11.5 Å². The molecule has 110 valence electrons. The second-order valence-corrected chi connectivity index (χ2v) is 5.10. The standard InChI is InChI=1S/C15H16N2O4/c1-3-8-6-10-14(19)16-12-9(15(20)17(10)7-8)4-5-11(21-2)13(12)18/h4-5,7,10,18H,3,6H2,1-2H3,(H,16,19). The van der Waals surface area contributed by atoms with Gasteiger partial charge in [-0.15, -0.1) is 0 Å². The predicted molar refractivity (Wildman–Crippen MR) is 76.2 cm³/mol. The number of benzene rings is 1. The van der Waals surface area contributed by atoms with Crippen LogP contribution in [0.4, 0.5) is 5.69 Å². The Labute approximate surface area is 122 Å². The van der Waals surface area contributed by atoms with E-state index in [-0.39, 0.29) is 34.6 Å². The van der Waals surface area contributed by atoms with Crippen LogP contribution in [0, 0.1) is 0 Å². The second kappa shape index (κ2) is 4.80. The Morgan fingerprint density at radius 3 is 2.86 bits per heavy atom.